The fraction of sp³-hybridized carbons (Fsp3) is 0. The molecule has 0 saturated heterocycles. The van der Waals surface area contributed by atoms with Crippen molar-refractivity contribution in [2.75, 3.05) is 5.32 Å². The second kappa shape index (κ2) is 6.76. The van der Waals surface area contributed by atoms with Crippen molar-refractivity contribution in [1.82, 2.24) is 5.32 Å². The Balaban J connectivity index is 2.03. The van der Waals surface area contributed by atoms with Crippen molar-refractivity contribution in [2.24, 2.45) is 0 Å². The van der Waals surface area contributed by atoms with Crippen LogP contribution in [0, 0.1) is 0 Å². The van der Waals surface area contributed by atoms with Gasteiger partial charge in [-0.1, -0.05) is 23.2 Å². The van der Waals surface area contributed by atoms with Crippen LogP contribution in [0.4, 0.5) is 5.69 Å². The molecule has 2 aromatic carbocycles. The van der Waals surface area contributed by atoms with Crippen LogP contribution in [0.3, 0.4) is 0 Å². The summed E-state index contributed by atoms with van der Waals surface area (Å²) in [5, 5.41) is 15.9. The molecule has 0 fully saturated rings. The van der Waals surface area contributed by atoms with Crippen molar-refractivity contribution in [1.29, 1.82) is 0 Å². The average Bonchev–Trinajstić information content (AvgIpc) is 2.43. The van der Waals surface area contributed by atoms with Gasteiger partial charge >= 0.3 is 0 Å². The Labute approximate surface area is 136 Å². The lowest BCUT2D eigenvalue weighted by atomic mass is 10.2. The summed E-state index contributed by atoms with van der Waals surface area (Å²) in [4.78, 5) is 11.9. The van der Waals surface area contributed by atoms with E-state index >= 15 is 0 Å². The van der Waals surface area contributed by atoms with Crippen molar-refractivity contribution >= 4 is 52.1 Å². The van der Waals surface area contributed by atoms with E-state index in [4.69, 9.17) is 35.4 Å². The summed E-state index contributed by atoms with van der Waals surface area (Å²) in [5.74, 6) is -0.409. The van der Waals surface area contributed by atoms with E-state index in [9.17, 15) is 9.90 Å². The third kappa shape index (κ3) is 4.32. The minimum absolute atomic E-state index is 0.0255. The molecule has 0 aliphatic carbocycles. The largest absolute Gasteiger partial charge is 0.506 e. The fourth-order valence-corrected chi connectivity index (χ4v) is 2.04. The van der Waals surface area contributed by atoms with Gasteiger partial charge in [0.1, 0.15) is 5.75 Å². The van der Waals surface area contributed by atoms with Gasteiger partial charge in [-0.3, -0.25) is 10.1 Å². The Hall–Kier alpha value is -1.82. The second-order valence-electron chi connectivity index (χ2n) is 4.08. The summed E-state index contributed by atoms with van der Waals surface area (Å²) in [7, 11) is 0. The summed E-state index contributed by atoms with van der Waals surface area (Å²) in [6.07, 6.45) is 0. The molecular weight excluding hydrogens is 331 g/mol. The van der Waals surface area contributed by atoms with E-state index in [2.05, 4.69) is 10.6 Å². The third-order valence-electron chi connectivity index (χ3n) is 2.54. The highest BCUT2D eigenvalue weighted by Crippen LogP contribution is 2.26. The summed E-state index contributed by atoms with van der Waals surface area (Å²) >= 11 is 16.6. The quantitative estimate of drug-likeness (QED) is 0.574. The van der Waals surface area contributed by atoms with Gasteiger partial charge in [-0.25, -0.2) is 0 Å². The van der Waals surface area contributed by atoms with Crippen LogP contribution in [0.1, 0.15) is 10.4 Å². The number of thiocarbonyl (C=S) groups is 1. The molecule has 0 heterocycles. The van der Waals surface area contributed by atoms with E-state index in [0.717, 1.165) is 0 Å². The normalized spacial score (nSPS) is 10.0. The maximum absolute atomic E-state index is 11.9. The second-order valence-corrected chi connectivity index (χ2v) is 5.36. The van der Waals surface area contributed by atoms with Gasteiger partial charge in [0.2, 0.25) is 0 Å². The van der Waals surface area contributed by atoms with E-state index in [1.165, 1.54) is 18.2 Å². The molecular formula is C14H10Cl2N2O2S. The maximum Gasteiger partial charge on any atom is 0.257 e. The van der Waals surface area contributed by atoms with Gasteiger partial charge in [-0.05, 0) is 54.7 Å². The standard InChI is InChI=1S/C14H10Cl2N2O2S/c15-9-3-1-8(2-4-9)13(20)18-14(21)17-11-7-10(16)5-6-12(11)19/h1-7,19H,(H2,17,18,20,21). The predicted octanol–water partition coefficient (Wildman–Crippen LogP) is 3.83. The van der Waals surface area contributed by atoms with Crippen molar-refractivity contribution in [3.8, 4) is 5.75 Å². The molecule has 2 aromatic rings. The van der Waals surface area contributed by atoms with Gasteiger partial charge in [0.05, 0.1) is 5.69 Å². The average molecular weight is 341 g/mol. The number of aromatic hydroxyl groups is 1. The number of nitrogens with one attached hydrogen (secondary N) is 2. The predicted molar refractivity (Wildman–Crippen MR) is 88.3 cm³/mol. The maximum atomic E-state index is 11.9. The summed E-state index contributed by atoms with van der Waals surface area (Å²) in [5.41, 5.74) is 0.725. The zero-order chi connectivity index (χ0) is 15.4. The molecule has 0 aliphatic rings. The molecule has 108 valence electrons. The highest BCUT2D eigenvalue weighted by atomic mass is 35.5. The van der Waals surface area contributed by atoms with Gasteiger partial charge in [0, 0.05) is 15.6 Å². The lowest BCUT2D eigenvalue weighted by Crippen LogP contribution is -2.34. The first-order valence-electron chi connectivity index (χ1n) is 5.82. The van der Waals surface area contributed by atoms with Gasteiger partial charge in [0.25, 0.3) is 5.91 Å². The lowest BCUT2D eigenvalue weighted by Gasteiger charge is -2.11. The number of carbonyl (C=O) groups excluding carboxylic acids is 1. The number of amides is 1. The Kier molecular flexibility index (Phi) is 5.01. The van der Waals surface area contributed by atoms with E-state index < -0.39 is 0 Å². The summed E-state index contributed by atoms with van der Waals surface area (Å²) in [6, 6.07) is 10.8. The molecule has 3 N–H and O–H groups in total. The van der Waals surface area contributed by atoms with Crippen LogP contribution < -0.4 is 10.6 Å². The number of halogens is 2. The molecule has 0 aliphatic heterocycles. The van der Waals surface area contributed by atoms with E-state index in [1.54, 1.807) is 24.3 Å². The molecule has 1 amide bonds. The van der Waals surface area contributed by atoms with Crippen molar-refractivity contribution in [3.63, 3.8) is 0 Å². The number of hydrogen-bond donors (Lipinski definition) is 3. The van der Waals surface area contributed by atoms with Gasteiger partial charge in [0.15, 0.2) is 5.11 Å². The van der Waals surface area contributed by atoms with Crippen LogP contribution in [0.2, 0.25) is 10.0 Å². The highest BCUT2D eigenvalue weighted by Gasteiger charge is 2.09. The molecule has 21 heavy (non-hydrogen) atoms. The molecule has 0 radical (unpaired) electrons. The first-order valence-corrected chi connectivity index (χ1v) is 6.98. The van der Waals surface area contributed by atoms with E-state index in [1.807, 2.05) is 0 Å². The molecule has 0 aromatic heterocycles. The molecule has 0 saturated carbocycles. The summed E-state index contributed by atoms with van der Waals surface area (Å²) in [6.45, 7) is 0. The van der Waals surface area contributed by atoms with Crippen LogP contribution >= 0.6 is 35.4 Å². The van der Waals surface area contributed by atoms with Crippen molar-refractivity contribution in [3.05, 3.63) is 58.1 Å². The monoisotopic (exact) mass is 340 g/mol. The molecule has 0 atom stereocenters. The fourth-order valence-electron chi connectivity index (χ4n) is 1.54. The first kappa shape index (κ1) is 15.6. The van der Waals surface area contributed by atoms with Crippen molar-refractivity contribution in [2.45, 2.75) is 0 Å². The number of phenols is 1. The smallest absolute Gasteiger partial charge is 0.257 e. The van der Waals surface area contributed by atoms with Gasteiger partial charge in [-0.15, -0.1) is 0 Å². The van der Waals surface area contributed by atoms with Crippen LogP contribution in [-0.2, 0) is 0 Å². The molecule has 7 heteroatoms. The molecule has 0 unspecified atom stereocenters. The number of anilines is 1. The minimum Gasteiger partial charge on any atom is -0.506 e. The number of phenolic OH excluding ortho intramolecular Hbond substituents is 1. The molecule has 2 rings (SSSR count). The molecule has 0 spiro atoms. The Morgan fingerprint density at radius 3 is 2.33 bits per heavy atom. The number of hydrogen-bond acceptors (Lipinski definition) is 3. The van der Waals surface area contributed by atoms with Crippen molar-refractivity contribution < 1.29 is 9.90 Å². The highest BCUT2D eigenvalue weighted by molar-refractivity contribution is 7.80. The van der Waals surface area contributed by atoms with Gasteiger partial charge in [-0.2, -0.15) is 0 Å². The van der Waals surface area contributed by atoms with Gasteiger partial charge < -0.3 is 10.4 Å². The van der Waals surface area contributed by atoms with E-state index in [0.29, 0.717) is 21.3 Å². The number of rotatable bonds is 2. The third-order valence-corrected chi connectivity index (χ3v) is 3.23. The minimum atomic E-state index is -0.384. The Morgan fingerprint density at radius 2 is 1.67 bits per heavy atom. The van der Waals surface area contributed by atoms with E-state index in [-0.39, 0.29) is 16.8 Å². The molecule has 4 nitrogen and oxygen atoms in total. The van der Waals surface area contributed by atoms with Crippen LogP contribution in [0.25, 0.3) is 0 Å². The molecule has 0 bridgehead atoms. The Bertz CT molecular complexity index is 690. The zero-order valence-corrected chi connectivity index (χ0v) is 12.9. The zero-order valence-electron chi connectivity index (χ0n) is 10.6. The summed E-state index contributed by atoms with van der Waals surface area (Å²) < 4.78 is 0. The Morgan fingerprint density at radius 1 is 1.05 bits per heavy atom. The van der Waals surface area contributed by atoms with Crippen LogP contribution in [-0.4, -0.2) is 16.1 Å². The topological polar surface area (TPSA) is 61.4 Å². The SMILES string of the molecule is O=C(NC(=S)Nc1cc(Cl)ccc1O)c1ccc(Cl)cc1. The number of benzene rings is 2. The van der Waals surface area contributed by atoms with Crippen LogP contribution in [0.15, 0.2) is 42.5 Å². The van der Waals surface area contributed by atoms with Crippen LogP contribution in [0.5, 0.6) is 5.75 Å². The lowest BCUT2D eigenvalue weighted by molar-refractivity contribution is 0.0977. The number of carbonyl (C=O) groups is 1. The first-order chi connectivity index (χ1) is 9.95.